The molecule has 0 unspecified atom stereocenters. The fourth-order valence-electron chi connectivity index (χ4n) is 0.866. The fraction of sp³-hybridized carbons (Fsp3) is 0.857. The molecule has 0 heterocycles. The number of carbonyl (C=O) groups is 1. The largest absolute Gasteiger partial charge is 0.530 e. The Morgan fingerprint density at radius 2 is 1.73 bits per heavy atom. The van der Waals surface area contributed by atoms with E-state index in [9.17, 15) is 4.79 Å². The van der Waals surface area contributed by atoms with Crippen LogP contribution in [-0.4, -0.2) is 59.2 Å². The summed E-state index contributed by atoms with van der Waals surface area (Å²) in [5.74, 6) is 0. The van der Waals surface area contributed by atoms with Gasteiger partial charge in [0.05, 0.1) is 0 Å². The quantitative estimate of drug-likeness (QED) is 0.510. The first-order chi connectivity index (χ1) is 7.05. The second-order valence-electron chi connectivity index (χ2n) is 2.55. The third-order valence-corrected chi connectivity index (χ3v) is 4.18. The van der Waals surface area contributed by atoms with Gasteiger partial charge in [-0.05, 0) is 6.92 Å². The molecule has 0 aromatic rings. The van der Waals surface area contributed by atoms with Crippen molar-refractivity contribution in [1.82, 2.24) is 5.06 Å². The minimum absolute atomic E-state index is 0.0450. The molecule has 0 aromatic heterocycles. The minimum Gasteiger partial charge on any atom is -0.463 e. The number of carboxylic acid groups (broad SMARTS) is 1. The maximum atomic E-state index is 10.6. The van der Waals surface area contributed by atoms with E-state index in [0.717, 1.165) is 5.06 Å². The molecule has 0 aliphatic heterocycles. The van der Waals surface area contributed by atoms with E-state index in [0.29, 0.717) is 0 Å². The van der Waals surface area contributed by atoms with Crippen LogP contribution in [0.1, 0.15) is 6.92 Å². The molecule has 0 aromatic carbocycles. The van der Waals surface area contributed by atoms with Gasteiger partial charge in [-0.3, -0.25) is 4.84 Å². The molecule has 0 saturated carbocycles. The summed E-state index contributed by atoms with van der Waals surface area (Å²) in [5.41, 5.74) is 0. The van der Waals surface area contributed by atoms with Gasteiger partial charge in [0, 0.05) is 27.9 Å². The van der Waals surface area contributed by atoms with Crippen molar-refractivity contribution in [1.29, 1.82) is 0 Å². The van der Waals surface area contributed by atoms with Gasteiger partial charge in [0.1, 0.15) is 6.23 Å². The van der Waals surface area contributed by atoms with Crippen molar-refractivity contribution >= 4 is 14.9 Å². The van der Waals surface area contributed by atoms with E-state index in [1.807, 2.05) is 0 Å². The monoisotopic (exact) mass is 239 g/mol. The first-order valence-corrected chi connectivity index (χ1v) is 6.27. The van der Waals surface area contributed by atoms with Crippen LogP contribution in [0.4, 0.5) is 4.79 Å². The Hall–Kier alpha value is -0.673. The van der Waals surface area contributed by atoms with Crippen molar-refractivity contribution in [2.45, 2.75) is 6.92 Å². The van der Waals surface area contributed by atoms with Crippen molar-refractivity contribution in [2.75, 3.05) is 34.1 Å². The van der Waals surface area contributed by atoms with E-state index in [4.69, 9.17) is 23.2 Å². The first kappa shape index (κ1) is 14.3. The summed E-state index contributed by atoms with van der Waals surface area (Å²) in [7, 11) is 1.42. The van der Waals surface area contributed by atoms with E-state index < -0.39 is 14.9 Å². The van der Waals surface area contributed by atoms with Crippen LogP contribution < -0.4 is 0 Å². The van der Waals surface area contributed by atoms with Crippen molar-refractivity contribution in [3.05, 3.63) is 0 Å². The lowest BCUT2D eigenvalue weighted by molar-refractivity contribution is -0.125. The third kappa shape index (κ3) is 4.14. The number of hydrogen-bond acceptors (Lipinski definition) is 5. The Kier molecular flexibility index (Phi) is 6.44. The molecule has 0 bridgehead atoms. The normalized spacial score (nSPS) is 11.5. The maximum Gasteiger partial charge on any atom is 0.530 e. The van der Waals surface area contributed by atoms with Gasteiger partial charge in [-0.15, -0.1) is 0 Å². The summed E-state index contributed by atoms with van der Waals surface area (Å²) < 4.78 is 15.2. The highest BCUT2D eigenvalue weighted by atomic mass is 28.4. The van der Waals surface area contributed by atoms with Crippen molar-refractivity contribution < 1.29 is 28.0 Å². The number of rotatable bonds is 7. The van der Waals surface area contributed by atoms with Gasteiger partial charge in [0.15, 0.2) is 0 Å². The molecule has 8 heteroatoms. The Bertz CT molecular complexity index is 190. The average Bonchev–Trinajstić information content (AvgIpc) is 2.25. The zero-order chi connectivity index (χ0) is 11.9. The molecule has 1 amide bonds. The molecule has 0 spiro atoms. The molecule has 15 heavy (non-hydrogen) atoms. The van der Waals surface area contributed by atoms with E-state index in [-0.39, 0.29) is 12.8 Å². The van der Waals surface area contributed by atoms with Gasteiger partial charge in [-0.25, -0.2) is 4.79 Å². The van der Waals surface area contributed by atoms with Crippen LogP contribution in [0.15, 0.2) is 0 Å². The van der Waals surface area contributed by atoms with Crippen molar-refractivity contribution in [2.24, 2.45) is 0 Å². The third-order valence-electron chi connectivity index (χ3n) is 1.83. The summed E-state index contributed by atoms with van der Waals surface area (Å²) in [6.45, 7) is 1.88. The lowest BCUT2D eigenvalue weighted by Crippen LogP contribution is -2.50. The molecular formula is C7H17NO6Si. The average molecular weight is 239 g/mol. The molecule has 0 aliphatic carbocycles. The topological polar surface area (TPSA) is 77.5 Å². The van der Waals surface area contributed by atoms with E-state index in [1.54, 1.807) is 6.92 Å². The maximum absolute atomic E-state index is 10.6. The van der Waals surface area contributed by atoms with Crippen LogP contribution in [0.3, 0.4) is 0 Å². The van der Waals surface area contributed by atoms with Crippen LogP contribution in [0, 0.1) is 0 Å². The summed E-state index contributed by atoms with van der Waals surface area (Å²) in [5, 5.41) is 9.47. The minimum atomic E-state index is -2.87. The number of hydroxylamine groups is 2. The van der Waals surface area contributed by atoms with Crippen molar-refractivity contribution in [3.63, 3.8) is 0 Å². The van der Waals surface area contributed by atoms with Gasteiger partial charge in [-0.2, -0.15) is 5.06 Å². The van der Waals surface area contributed by atoms with Crippen LogP contribution in [0.5, 0.6) is 0 Å². The first-order valence-electron chi connectivity index (χ1n) is 4.34. The molecule has 0 fully saturated rings. The molecular weight excluding hydrogens is 222 g/mol. The highest BCUT2D eigenvalue weighted by Gasteiger charge is 2.40. The van der Waals surface area contributed by atoms with Gasteiger partial charge < -0.3 is 18.4 Å². The van der Waals surface area contributed by atoms with Gasteiger partial charge >= 0.3 is 14.9 Å². The lowest BCUT2D eigenvalue weighted by atomic mass is 10.7. The summed E-state index contributed by atoms with van der Waals surface area (Å²) in [4.78, 5) is 15.6. The number of amides is 1. The van der Waals surface area contributed by atoms with Crippen LogP contribution in [0.25, 0.3) is 0 Å². The van der Waals surface area contributed by atoms with Crippen LogP contribution >= 0.6 is 0 Å². The highest BCUT2D eigenvalue weighted by Crippen LogP contribution is 2.07. The Labute approximate surface area is 89.8 Å². The van der Waals surface area contributed by atoms with Crippen molar-refractivity contribution in [3.8, 4) is 0 Å². The predicted molar refractivity (Wildman–Crippen MR) is 53.1 cm³/mol. The fourth-order valence-corrected chi connectivity index (χ4v) is 2.03. The number of hydrogen-bond donors (Lipinski definition) is 1. The van der Waals surface area contributed by atoms with Crippen LogP contribution in [0.2, 0.25) is 0 Å². The second-order valence-corrected chi connectivity index (χ2v) is 5.43. The molecule has 90 valence electrons. The Balaban J connectivity index is 4.25. The summed E-state index contributed by atoms with van der Waals surface area (Å²) in [6.07, 6.45) is -1.21. The molecule has 0 radical (unpaired) electrons. The van der Waals surface area contributed by atoms with Crippen LogP contribution in [-0.2, 0) is 18.1 Å². The summed E-state index contributed by atoms with van der Waals surface area (Å²) in [6, 6.07) is 0. The predicted octanol–water partition coefficient (Wildman–Crippen LogP) is 0.335. The molecule has 0 aliphatic rings. The Morgan fingerprint density at radius 1 is 1.27 bits per heavy atom. The highest BCUT2D eigenvalue weighted by molar-refractivity contribution is 6.60. The Morgan fingerprint density at radius 3 is 2.00 bits per heavy atom. The van der Waals surface area contributed by atoms with E-state index in [2.05, 4.69) is 0 Å². The van der Waals surface area contributed by atoms with Gasteiger partial charge in [0.2, 0.25) is 0 Å². The molecule has 0 rings (SSSR count). The van der Waals surface area contributed by atoms with E-state index >= 15 is 0 Å². The molecule has 0 saturated heterocycles. The summed E-state index contributed by atoms with van der Waals surface area (Å²) >= 11 is 0. The van der Waals surface area contributed by atoms with Gasteiger partial charge in [-0.1, -0.05) is 0 Å². The molecule has 7 nitrogen and oxygen atoms in total. The van der Waals surface area contributed by atoms with E-state index in [1.165, 1.54) is 21.3 Å². The SMILES string of the molecule is CCN(OC[Si](OC)(OC)OC)C(=O)O. The second kappa shape index (κ2) is 6.75. The zero-order valence-corrected chi connectivity index (χ0v) is 10.3. The van der Waals surface area contributed by atoms with Gasteiger partial charge in [0.25, 0.3) is 0 Å². The zero-order valence-electron chi connectivity index (χ0n) is 9.35. The smallest absolute Gasteiger partial charge is 0.463 e. The molecule has 1 N–H and O–H groups in total. The standard InChI is InChI=1S/C7H17NO6Si/c1-5-8(7(9)10)14-6-15(11-2,12-3)13-4/h5-6H2,1-4H3,(H,9,10). The molecule has 0 atom stereocenters. The number of nitrogens with zero attached hydrogens (tertiary/aromatic N) is 1. The lowest BCUT2D eigenvalue weighted by Gasteiger charge is -2.26.